The van der Waals surface area contributed by atoms with Gasteiger partial charge >= 0.3 is 0 Å². The Morgan fingerprint density at radius 2 is 1.78 bits per heavy atom. The summed E-state index contributed by atoms with van der Waals surface area (Å²) in [5.41, 5.74) is 9.81. The Kier molecular flexibility index (Phi) is 4.57. The smallest absolute Gasteiger partial charge is 0.119 e. The molecule has 0 amide bonds. The predicted molar refractivity (Wildman–Crippen MR) is 91.2 cm³/mol. The van der Waals surface area contributed by atoms with Gasteiger partial charge in [-0.2, -0.15) is 0 Å². The highest BCUT2D eigenvalue weighted by Crippen LogP contribution is 2.19. The van der Waals surface area contributed by atoms with Crippen LogP contribution in [0.4, 0.5) is 5.69 Å². The first-order chi connectivity index (χ1) is 11.3. The van der Waals surface area contributed by atoms with Gasteiger partial charge in [0.05, 0.1) is 18.4 Å². The van der Waals surface area contributed by atoms with Gasteiger partial charge in [0.15, 0.2) is 0 Å². The molecule has 0 aliphatic rings. The van der Waals surface area contributed by atoms with E-state index < -0.39 is 0 Å². The lowest BCUT2D eigenvalue weighted by atomic mass is 10.1. The van der Waals surface area contributed by atoms with Crippen molar-refractivity contribution in [1.29, 1.82) is 0 Å². The Balaban J connectivity index is 1.65. The quantitative estimate of drug-likeness (QED) is 0.710. The predicted octanol–water partition coefficient (Wildman–Crippen LogP) is 3.17. The number of nitrogen functional groups attached to an aromatic ring is 1. The van der Waals surface area contributed by atoms with E-state index >= 15 is 0 Å². The highest BCUT2D eigenvalue weighted by molar-refractivity contribution is 5.58. The van der Waals surface area contributed by atoms with E-state index in [9.17, 15) is 0 Å². The maximum absolute atomic E-state index is 5.72. The molecule has 0 fully saturated rings. The molecule has 2 aromatic carbocycles. The van der Waals surface area contributed by atoms with E-state index in [1.54, 1.807) is 6.20 Å². The Bertz CT molecular complexity index is 747. The lowest BCUT2D eigenvalue weighted by Gasteiger charge is -2.09. The maximum atomic E-state index is 5.72. The van der Waals surface area contributed by atoms with E-state index in [1.165, 1.54) is 5.56 Å². The number of ether oxygens (including phenoxy) is 1. The second-order valence-corrected chi connectivity index (χ2v) is 5.31. The lowest BCUT2D eigenvalue weighted by Crippen LogP contribution is -2.10. The van der Waals surface area contributed by atoms with Crippen molar-refractivity contribution in [2.45, 2.75) is 19.9 Å². The molecule has 3 aromatic rings. The molecular weight excluding hydrogens is 288 g/mol. The normalized spacial score (nSPS) is 10.7. The zero-order valence-corrected chi connectivity index (χ0v) is 13.1. The van der Waals surface area contributed by atoms with Crippen LogP contribution >= 0.6 is 0 Å². The van der Waals surface area contributed by atoms with E-state index in [-0.39, 0.29) is 0 Å². The molecule has 0 atom stereocenters. The number of hydrogen-bond acceptors (Lipinski definition) is 4. The lowest BCUT2D eigenvalue weighted by molar-refractivity contribution is 0.290. The molecule has 5 nitrogen and oxygen atoms in total. The molecular formula is C18H20N4O. The molecule has 0 spiro atoms. The van der Waals surface area contributed by atoms with Crippen LogP contribution in [0, 0.1) is 0 Å². The van der Waals surface area contributed by atoms with Gasteiger partial charge in [-0.3, -0.25) is 0 Å². The summed E-state index contributed by atoms with van der Waals surface area (Å²) in [6, 6.07) is 15.9. The average Bonchev–Trinajstić information content (AvgIpc) is 3.05. The summed E-state index contributed by atoms with van der Waals surface area (Å²) in [6.07, 6.45) is 2.82. The summed E-state index contributed by atoms with van der Waals surface area (Å²) in [7, 11) is 0. The van der Waals surface area contributed by atoms with Crippen molar-refractivity contribution in [3.8, 4) is 17.0 Å². The van der Waals surface area contributed by atoms with E-state index in [0.717, 1.165) is 29.1 Å². The standard InChI is InChI=1S/C18H20N4O/c1-2-14-3-5-15(6-4-14)18-13-20-21-22(18)11-12-23-17-9-7-16(19)8-10-17/h3-10,13H,2,11-12,19H2,1H3. The number of aromatic nitrogens is 3. The van der Waals surface area contributed by atoms with Crippen LogP contribution in [0.5, 0.6) is 5.75 Å². The Morgan fingerprint density at radius 3 is 2.48 bits per heavy atom. The van der Waals surface area contributed by atoms with Gasteiger partial charge in [0.1, 0.15) is 12.4 Å². The summed E-state index contributed by atoms with van der Waals surface area (Å²) < 4.78 is 7.58. The van der Waals surface area contributed by atoms with Crippen LogP contribution in [0.2, 0.25) is 0 Å². The molecule has 1 aromatic heterocycles. The van der Waals surface area contributed by atoms with Gasteiger partial charge in [-0.25, -0.2) is 4.68 Å². The minimum atomic E-state index is 0.521. The third-order valence-electron chi connectivity index (χ3n) is 3.73. The summed E-state index contributed by atoms with van der Waals surface area (Å²) >= 11 is 0. The second-order valence-electron chi connectivity index (χ2n) is 5.31. The first-order valence-electron chi connectivity index (χ1n) is 7.72. The van der Waals surface area contributed by atoms with Gasteiger partial charge in [-0.05, 0) is 36.2 Å². The fourth-order valence-corrected chi connectivity index (χ4v) is 2.37. The highest BCUT2D eigenvalue weighted by Gasteiger charge is 2.07. The number of hydrogen-bond donors (Lipinski definition) is 1. The molecule has 3 rings (SSSR count). The molecule has 0 saturated carbocycles. The SMILES string of the molecule is CCc1ccc(-c2cnnn2CCOc2ccc(N)cc2)cc1. The van der Waals surface area contributed by atoms with Crippen molar-refractivity contribution >= 4 is 5.69 Å². The van der Waals surface area contributed by atoms with Gasteiger partial charge in [-0.1, -0.05) is 36.4 Å². The van der Waals surface area contributed by atoms with Crippen LogP contribution in [-0.2, 0) is 13.0 Å². The largest absolute Gasteiger partial charge is 0.492 e. The van der Waals surface area contributed by atoms with Crippen LogP contribution in [0.25, 0.3) is 11.3 Å². The summed E-state index contributed by atoms with van der Waals surface area (Å²) in [5.74, 6) is 0.799. The highest BCUT2D eigenvalue weighted by atomic mass is 16.5. The van der Waals surface area contributed by atoms with E-state index in [1.807, 2.05) is 28.9 Å². The molecule has 0 saturated heterocycles. The number of anilines is 1. The third kappa shape index (κ3) is 3.69. The Morgan fingerprint density at radius 1 is 1.04 bits per heavy atom. The number of rotatable bonds is 6. The number of aryl methyl sites for hydroxylation is 1. The molecule has 0 aliphatic carbocycles. The van der Waals surface area contributed by atoms with E-state index in [0.29, 0.717) is 13.2 Å². The van der Waals surface area contributed by atoms with Crippen molar-refractivity contribution in [2.24, 2.45) is 0 Å². The zero-order valence-electron chi connectivity index (χ0n) is 13.1. The van der Waals surface area contributed by atoms with Crippen LogP contribution < -0.4 is 10.5 Å². The molecule has 5 heteroatoms. The van der Waals surface area contributed by atoms with Gasteiger partial charge in [0, 0.05) is 11.3 Å². The molecule has 1 heterocycles. The van der Waals surface area contributed by atoms with E-state index in [4.69, 9.17) is 10.5 Å². The van der Waals surface area contributed by atoms with Gasteiger partial charge in [-0.15, -0.1) is 5.10 Å². The van der Waals surface area contributed by atoms with Crippen LogP contribution in [0.15, 0.2) is 54.7 Å². The van der Waals surface area contributed by atoms with Crippen molar-refractivity contribution in [1.82, 2.24) is 15.0 Å². The van der Waals surface area contributed by atoms with Crippen LogP contribution in [0.1, 0.15) is 12.5 Å². The monoisotopic (exact) mass is 308 g/mol. The first-order valence-corrected chi connectivity index (χ1v) is 7.72. The molecule has 0 radical (unpaired) electrons. The zero-order chi connectivity index (χ0) is 16.1. The Hall–Kier alpha value is -2.82. The summed E-state index contributed by atoms with van der Waals surface area (Å²) in [6.45, 7) is 3.30. The van der Waals surface area contributed by atoms with Gasteiger partial charge < -0.3 is 10.5 Å². The third-order valence-corrected chi connectivity index (χ3v) is 3.73. The van der Waals surface area contributed by atoms with Gasteiger partial charge in [0.2, 0.25) is 0 Å². The summed E-state index contributed by atoms with van der Waals surface area (Å²) in [5, 5.41) is 8.17. The molecule has 0 bridgehead atoms. The van der Waals surface area contributed by atoms with Crippen molar-refractivity contribution in [3.05, 3.63) is 60.3 Å². The maximum Gasteiger partial charge on any atom is 0.119 e. The molecule has 118 valence electrons. The fraction of sp³-hybridized carbons (Fsp3) is 0.222. The summed E-state index contributed by atoms with van der Waals surface area (Å²) in [4.78, 5) is 0. The van der Waals surface area contributed by atoms with Crippen molar-refractivity contribution in [2.75, 3.05) is 12.3 Å². The minimum Gasteiger partial charge on any atom is -0.492 e. The average molecular weight is 308 g/mol. The number of nitrogens with two attached hydrogens (primary N) is 1. The Labute approximate surface area is 135 Å². The number of nitrogens with zero attached hydrogens (tertiary/aromatic N) is 3. The minimum absolute atomic E-state index is 0.521. The number of benzene rings is 2. The fourth-order valence-electron chi connectivity index (χ4n) is 2.37. The van der Waals surface area contributed by atoms with Crippen molar-refractivity contribution in [3.63, 3.8) is 0 Å². The van der Waals surface area contributed by atoms with E-state index in [2.05, 4.69) is 41.5 Å². The molecule has 2 N–H and O–H groups in total. The second kappa shape index (κ2) is 6.96. The molecule has 0 aliphatic heterocycles. The first kappa shape index (κ1) is 15.1. The molecule has 0 unspecified atom stereocenters. The van der Waals surface area contributed by atoms with Gasteiger partial charge in [0.25, 0.3) is 0 Å². The van der Waals surface area contributed by atoms with Crippen LogP contribution in [-0.4, -0.2) is 21.6 Å². The molecule has 23 heavy (non-hydrogen) atoms. The van der Waals surface area contributed by atoms with Crippen LogP contribution in [0.3, 0.4) is 0 Å². The topological polar surface area (TPSA) is 66.0 Å². The van der Waals surface area contributed by atoms with Crippen molar-refractivity contribution < 1.29 is 4.74 Å².